The van der Waals surface area contributed by atoms with Crippen molar-refractivity contribution in [2.75, 3.05) is 11.9 Å². The van der Waals surface area contributed by atoms with E-state index in [9.17, 15) is 14.0 Å². The average Bonchev–Trinajstić information content (AvgIpc) is 3.14. The molecule has 0 unspecified atom stereocenters. The zero-order valence-electron chi connectivity index (χ0n) is 14.3. The van der Waals surface area contributed by atoms with Crippen LogP contribution in [0, 0.1) is 12.7 Å². The van der Waals surface area contributed by atoms with E-state index in [0.29, 0.717) is 15.7 Å². The summed E-state index contributed by atoms with van der Waals surface area (Å²) in [5.74, 6) is -1.17. The number of anilines is 1. The predicted molar refractivity (Wildman–Crippen MR) is 105 cm³/mol. The summed E-state index contributed by atoms with van der Waals surface area (Å²) in [6.45, 7) is 1.59. The lowest BCUT2D eigenvalue weighted by atomic mass is 10.2. The summed E-state index contributed by atoms with van der Waals surface area (Å²) in [5, 5.41) is 7.97. The Morgan fingerprint density at radius 2 is 1.93 bits per heavy atom. The van der Waals surface area contributed by atoms with E-state index in [-0.39, 0.29) is 24.0 Å². The van der Waals surface area contributed by atoms with Gasteiger partial charge in [0.25, 0.3) is 5.91 Å². The van der Waals surface area contributed by atoms with Gasteiger partial charge >= 0.3 is 0 Å². The number of hydrogen-bond acceptors (Lipinski definition) is 4. The smallest absolute Gasteiger partial charge is 0.271 e. The second-order valence-corrected chi connectivity index (χ2v) is 6.95. The Bertz CT molecular complexity index is 989. The molecule has 2 amide bonds. The molecule has 0 spiro atoms. The number of nitrogens with one attached hydrogen (secondary N) is 2. The molecule has 1 heterocycles. The van der Waals surface area contributed by atoms with E-state index < -0.39 is 5.91 Å². The van der Waals surface area contributed by atoms with Crippen molar-refractivity contribution in [2.45, 2.75) is 6.92 Å². The van der Waals surface area contributed by atoms with Gasteiger partial charge in [-0.2, -0.15) is 0 Å². The van der Waals surface area contributed by atoms with Crippen LogP contribution in [-0.4, -0.2) is 23.3 Å². The number of benzene rings is 2. The lowest BCUT2D eigenvalue weighted by molar-refractivity contribution is -0.115. The van der Waals surface area contributed by atoms with Gasteiger partial charge in [-0.15, -0.1) is 11.3 Å². The van der Waals surface area contributed by atoms with Gasteiger partial charge in [-0.1, -0.05) is 17.7 Å². The highest BCUT2D eigenvalue weighted by molar-refractivity contribution is 7.13. The quantitative estimate of drug-likeness (QED) is 0.668. The average molecular weight is 404 g/mol. The first-order valence-electron chi connectivity index (χ1n) is 7.98. The predicted octanol–water partition coefficient (Wildman–Crippen LogP) is 4.28. The van der Waals surface area contributed by atoms with Gasteiger partial charge in [-0.3, -0.25) is 9.59 Å². The molecule has 0 atom stereocenters. The number of carbonyl (C=O) groups is 2. The van der Waals surface area contributed by atoms with E-state index in [1.807, 2.05) is 0 Å². The molecule has 3 rings (SSSR count). The van der Waals surface area contributed by atoms with Gasteiger partial charge in [0.15, 0.2) is 0 Å². The van der Waals surface area contributed by atoms with Crippen molar-refractivity contribution >= 4 is 40.4 Å². The van der Waals surface area contributed by atoms with Crippen LogP contribution < -0.4 is 10.6 Å². The van der Waals surface area contributed by atoms with Gasteiger partial charge in [0.05, 0.1) is 6.54 Å². The Balaban J connectivity index is 1.58. The van der Waals surface area contributed by atoms with Crippen LogP contribution >= 0.6 is 22.9 Å². The maximum atomic E-state index is 13.0. The zero-order chi connectivity index (χ0) is 19.4. The van der Waals surface area contributed by atoms with E-state index in [2.05, 4.69) is 15.6 Å². The molecule has 5 nitrogen and oxygen atoms in total. The Morgan fingerprint density at radius 1 is 1.19 bits per heavy atom. The first-order valence-corrected chi connectivity index (χ1v) is 9.24. The van der Waals surface area contributed by atoms with Crippen molar-refractivity contribution in [3.05, 3.63) is 69.9 Å². The van der Waals surface area contributed by atoms with Crippen molar-refractivity contribution in [3.8, 4) is 10.6 Å². The van der Waals surface area contributed by atoms with Crippen molar-refractivity contribution in [3.63, 3.8) is 0 Å². The first kappa shape index (κ1) is 19.0. The summed E-state index contributed by atoms with van der Waals surface area (Å²) >= 11 is 7.29. The number of carbonyl (C=O) groups excluding carboxylic acids is 2. The van der Waals surface area contributed by atoms with E-state index in [1.54, 1.807) is 42.6 Å². The molecule has 138 valence electrons. The maximum Gasteiger partial charge on any atom is 0.271 e. The molecule has 8 heteroatoms. The molecule has 0 fully saturated rings. The normalized spacial score (nSPS) is 10.5. The molecule has 0 saturated carbocycles. The SMILES string of the molecule is Cc1c(Cl)cccc1NC(=O)CNC(=O)c1csc(-c2ccc(F)cc2)n1. The molecule has 0 saturated heterocycles. The highest BCUT2D eigenvalue weighted by Crippen LogP contribution is 2.24. The van der Waals surface area contributed by atoms with Gasteiger partial charge in [0.1, 0.15) is 16.5 Å². The van der Waals surface area contributed by atoms with E-state index in [1.165, 1.54) is 23.5 Å². The summed E-state index contributed by atoms with van der Waals surface area (Å²) < 4.78 is 13.0. The number of hydrogen-bond donors (Lipinski definition) is 2. The molecule has 2 aromatic carbocycles. The minimum absolute atomic E-state index is 0.200. The molecule has 0 bridgehead atoms. The Hall–Kier alpha value is -2.77. The number of nitrogens with zero attached hydrogens (tertiary/aromatic N) is 1. The molecule has 0 aliphatic carbocycles. The molecule has 3 aromatic rings. The number of amides is 2. The molecular formula is C19H15ClFN3O2S. The van der Waals surface area contributed by atoms with Crippen molar-refractivity contribution < 1.29 is 14.0 Å². The van der Waals surface area contributed by atoms with Gasteiger partial charge in [0, 0.05) is 21.7 Å². The minimum atomic E-state index is -0.461. The monoisotopic (exact) mass is 403 g/mol. The third-order valence-corrected chi connectivity index (χ3v) is 5.08. The molecule has 2 N–H and O–H groups in total. The molecule has 1 aromatic heterocycles. The number of aromatic nitrogens is 1. The summed E-state index contributed by atoms with van der Waals surface area (Å²) in [6.07, 6.45) is 0. The van der Waals surface area contributed by atoms with Crippen LogP contribution in [0.15, 0.2) is 47.8 Å². The van der Waals surface area contributed by atoms with Crippen LogP contribution in [0.1, 0.15) is 16.1 Å². The van der Waals surface area contributed by atoms with E-state index in [4.69, 9.17) is 11.6 Å². The van der Waals surface area contributed by atoms with Crippen LogP contribution in [0.3, 0.4) is 0 Å². The first-order chi connectivity index (χ1) is 12.9. The van der Waals surface area contributed by atoms with Gasteiger partial charge in [0.2, 0.25) is 5.91 Å². The van der Waals surface area contributed by atoms with Crippen LogP contribution in [0.25, 0.3) is 10.6 Å². The molecule has 0 radical (unpaired) electrons. The highest BCUT2D eigenvalue weighted by atomic mass is 35.5. The Kier molecular flexibility index (Phi) is 5.83. The van der Waals surface area contributed by atoms with Gasteiger partial charge < -0.3 is 10.6 Å². The van der Waals surface area contributed by atoms with Crippen LogP contribution in [0.5, 0.6) is 0 Å². The lowest BCUT2D eigenvalue weighted by Gasteiger charge is -2.09. The van der Waals surface area contributed by atoms with Crippen molar-refractivity contribution in [1.82, 2.24) is 10.3 Å². The Morgan fingerprint density at radius 3 is 2.67 bits per heavy atom. The fourth-order valence-corrected chi connectivity index (χ4v) is 3.27. The second kappa shape index (κ2) is 8.28. The third-order valence-electron chi connectivity index (χ3n) is 3.78. The summed E-state index contributed by atoms with van der Waals surface area (Å²) in [4.78, 5) is 28.5. The maximum absolute atomic E-state index is 13.0. The van der Waals surface area contributed by atoms with E-state index >= 15 is 0 Å². The lowest BCUT2D eigenvalue weighted by Crippen LogP contribution is -2.33. The number of thiazole rings is 1. The fraction of sp³-hybridized carbons (Fsp3) is 0.105. The summed E-state index contributed by atoms with van der Waals surface area (Å²) in [7, 11) is 0. The molecule has 0 aliphatic rings. The van der Waals surface area contributed by atoms with E-state index in [0.717, 1.165) is 11.1 Å². The van der Waals surface area contributed by atoms with Crippen LogP contribution in [0.4, 0.5) is 10.1 Å². The van der Waals surface area contributed by atoms with Crippen LogP contribution in [-0.2, 0) is 4.79 Å². The molecular weight excluding hydrogens is 389 g/mol. The fourth-order valence-electron chi connectivity index (χ4n) is 2.29. The third kappa shape index (κ3) is 4.69. The second-order valence-electron chi connectivity index (χ2n) is 5.69. The largest absolute Gasteiger partial charge is 0.342 e. The highest BCUT2D eigenvalue weighted by Gasteiger charge is 2.14. The van der Waals surface area contributed by atoms with Crippen molar-refractivity contribution in [1.29, 1.82) is 0 Å². The van der Waals surface area contributed by atoms with Gasteiger partial charge in [-0.25, -0.2) is 9.37 Å². The minimum Gasteiger partial charge on any atom is -0.342 e. The number of rotatable bonds is 5. The Labute approximate surface area is 164 Å². The number of halogens is 2. The molecule has 0 aliphatic heterocycles. The summed E-state index contributed by atoms with van der Waals surface area (Å²) in [6, 6.07) is 11.0. The van der Waals surface area contributed by atoms with Gasteiger partial charge in [-0.05, 0) is 48.9 Å². The van der Waals surface area contributed by atoms with Crippen molar-refractivity contribution in [2.24, 2.45) is 0 Å². The van der Waals surface area contributed by atoms with Crippen LogP contribution in [0.2, 0.25) is 5.02 Å². The summed E-state index contributed by atoms with van der Waals surface area (Å²) in [5.41, 5.74) is 2.26. The standard InChI is InChI=1S/C19H15ClFN3O2S/c1-11-14(20)3-2-4-15(11)23-17(25)9-22-18(26)16-10-27-19(24-16)12-5-7-13(21)8-6-12/h2-8,10H,9H2,1H3,(H,22,26)(H,23,25). The topological polar surface area (TPSA) is 71.1 Å². The zero-order valence-corrected chi connectivity index (χ0v) is 15.8. The molecule has 27 heavy (non-hydrogen) atoms.